The Morgan fingerprint density at radius 3 is 3.06 bits per heavy atom. The van der Waals surface area contributed by atoms with E-state index in [1.807, 2.05) is 4.90 Å². The molecular formula is C11H15BrN2O3S. The number of nitrogens with zero attached hydrogens (tertiary/aromatic N) is 2. The molecule has 1 saturated heterocycles. The van der Waals surface area contributed by atoms with Gasteiger partial charge in [-0.05, 0) is 12.1 Å². The molecular weight excluding hydrogens is 320 g/mol. The number of halogens is 1. The summed E-state index contributed by atoms with van der Waals surface area (Å²) in [5.41, 5.74) is 0. The topological polar surface area (TPSA) is 59.5 Å². The first-order valence-electron chi connectivity index (χ1n) is 5.59. The van der Waals surface area contributed by atoms with Gasteiger partial charge in [-0.15, -0.1) is 0 Å². The van der Waals surface area contributed by atoms with E-state index in [1.165, 1.54) is 6.26 Å². The number of aromatic nitrogens is 1. The first-order valence-corrected chi connectivity index (χ1v) is 8.60. The zero-order valence-electron chi connectivity index (χ0n) is 10.0. The molecule has 5 nitrogen and oxygen atoms in total. The van der Waals surface area contributed by atoms with E-state index in [9.17, 15) is 8.42 Å². The summed E-state index contributed by atoms with van der Waals surface area (Å²) < 4.78 is 29.0. The first kappa shape index (κ1) is 13.8. The molecule has 1 unspecified atom stereocenters. The van der Waals surface area contributed by atoms with Crippen LogP contribution in [0.4, 0.5) is 5.82 Å². The predicted molar refractivity (Wildman–Crippen MR) is 73.1 cm³/mol. The number of morpholine rings is 1. The highest BCUT2D eigenvalue weighted by atomic mass is 79.9. The minimum absolute atomic E-state index is 0.106. The molecule has 0 aromatic carbocycles. The van der Waals surface area contributed by atoms with E-state index in [0.29, 0.717) is 30.9 Å². The van der Waals surface area contributed by atoms with Crippen molar-refractivity contribution in [2.24, 2.45) is 0 Å². The van der Waals surface area contributed by atoms with Crippen molar-refractivity contribution in [3.63, 3.8) is 0 Å². The van der Waals surface area contributed by atoms with Crippen LogP contribution in [0.15, 0.2) is 23.2 Å². The molecule has 1 fully saturated rings. The van der Waals surface area contributed by atoms with Gasteiger partial charge in [0, 0.05) is 24.3 Å². The number of hydrogen-bond donors (Lipinski definition) is 0. The number of pyridine rings is 1. The average Bonchev–Trinajstić information content (AvgIpc) is 2.37. The Kier molecular flexibility index (Phi) is 4.24. The molecule has 1 atom stereocenters. The summed E-state index contributed by atoms with van der Waals surface area (Å²) in [6.07, 6.45) is 2.82. The molecule has 100 valence electrons. The van der Waals surface area contributed by atoms with Crippen molar-refractivity contribution in [1.82, 2.24) is 4.98 Å². The second-order valence-corrected chi connectivity index (χ2v) is 6.81. The van der Waals surface area contributed by atoms with Crippen LogP contribution in [-0.4, -0.2) is 50.8 Å². The van der Waals surface area contributed by atoms with Gasteiger partial charge in [0.25, 0.3) is 0 Å². The Hall–Kier alpha value is -0.660. The Morgan fingerprint density at radius 2 is 2.39 bits per heavy atom. The van der Waals surface area contributed by atoms with Crippen LogP contribution in [-0.2, 0) is 14.6 Å². The van der Waals surface area contributed by atoms with Gasteiger partial charge in [-0.2, -0.15) is 0 Å². The van der Waals surface area contributed by atoms with Crippen molar-refractivity contribution in [3.8, 4) is 0 Å². The van der Waals surface area contributed by atoms with E-state index in [1.54, 1.807) is 18.3 Å². The SMILES string of the molecule is CS(=O)(=O)c1cccnc1N1CCOCC1CBr. The average molecular weight is 335 g/mol. The van der Waals surface area contributed by atoms with Gasteiger partial charge in [0.15, 0.2) is 9.84 Å². The molecule has 0 radical (unpaired) electrons. The summed E-state index contributed by atoms with van der Waals surface area (Å²) in [4.78, 5) is 6.51. The second-order valence-electron chi connectivity index (χ2n) is 4.17. The van der Waals surface area contributed by atoms with Gasteiger partial charge < -0.3 is 9.64 Å². The van der Waals surface area contributed by atoms with Gasteiger partial charge in [-0.25, -0.2) is 13.4 Å². The maximum Gasteiger partial charge on any atom is 0.179 e. The lowest BCUT2D eigenvalue weighted by molar-refractivity contribution is 0.0997. The number of alkyl halides is 1. The normalized spacial score (nSPS) is 21.0. The molecule has 0 N–H and O–H groups in total. The van der Waals surface area contributed by atoms with Crippen molar-refractivity contribution in [2.75, 3.05) is 36.2 Å². The minimum atomic E-state index is -3.27. The molecule has 0 saturated carbocycles. The van der Waals surface area contributed by atoms with E-state index in [0.717, 1.165) is 0 Å². The zero-order chi connectivity index (χ0) is 13.2. The lowest BCUT2D eigenvalue weighted by Gasteiger charge is -2.36. The highest BCUT2D eigenvalue weighted by Crippen LogP contribution is 2.25. The third-order valence-electron chi connectivity index (χ3n) is 2.83. The van der Waals surface area contributed by atoms with Crippen molar-refractivity contribution >= 4 is 31.6 Å². The molecule has 7 heteroatoms. The molecule has 0 amide bonds. The van der Waals surface area contributed by atoms with Crippen molar-refractivity contribution in [3.05, 3.63) is 18.3 Å². The molecule has 0 aliphatic carbocycles. The molecule has 2 heterocycles. The van der Waals surface area contributed by atoms with Gasteiger partial charge in [-0.1, -0.05) is 15.9 Å². The van der Waals surface area contributed by atoms with Gasteiger partial charge >= 0.3 is 0 Å². The van der Waals surface area contributed by atoms with Crippen LogP contribution in [0.3, 0.4) is 0 Å². The van der Waals surface area contributed by atoms with E-state index in [4.69, 9.17) is 4.74 Å². The minimum Gasteiger partial charge on any atom is -0.377 e. The van der Waals surface area contributed by atoms with Gasteiger partial charge in [-0.3, -0.25) is 0 Å². The lowest BCUT2D eigenvalue weighted by Crippen LogP contribution is -2.47. The standard InChI is InChI=1S/C11H15BrN2O3S/c1-18(15,16)10-3-2-4-13-11(10)14-5-6-17-8-9(14)7-12/h2-4,9H,5-8H2,1H3. The van der Waals surface area contributed by atoms with Crippen molar-refractivity contribution in [1.29, 1.82) is 0 Å². The molecule has 1 aliphatic heterocycles. The van der Waals surface area contributed by atoms with Crippen molar-refractivity contribution in [2.45, 2.75) is 10.9 Å². The Morgan fingerprint density at radius 1 is 1.61 bits per heavy atom. The molecule has 18 heavy (non-hydrogen) atoms. The molecule has 1 aromatic heterocycles. The molecule has 2 rings (SSSR count). The van der Waals surface area contributed by atoms with Gasteiger partial charge in [0.2, 0.25) is 0 Å². The van der Waals surface area contributed by atoms with Crippen LogP contribution >= 0.6 is 15.9 Å². The molecule has 0 bridgehead atoms. The number of anilines is 1. The fraction of sp³-hybridized carbons (Fsp3) is 0.545. The molecule has 1 aromatic rings. The molecule has 0 spiro atoms. The number of sulfone groups is 1. The quantitative estimate of drug-likeness (QED) is 0.774. The van der Waals surface area contributed by atoms with E-state index < -0.39 is 9.84 Å². The van der Waals surface area contributed by atoms with Crippen LogP contribution in [0, 0.1) is 0 Å². The maximum absolute atomic E-state index is 11.8. The summed E-state index contributed by atoms with van der Waals surface area (Å²) in [7, 11) is -3.27. The lowest BCUT2D eigenvalue weighted by atomic mass is 10.2. The number of ether oxygens (including phenoxy) is 1. The summed E-state index contributed by atoms with van der Waals surface area (Å²) in [6, 6.07) is 3.34. The Balaban J connectivity index is 2.43. The number of rotatable bonds is 3. The second kappa shape index (κ2) is 5.54. The Bertz CT molecular complexity index is 521. The number of hydrogen-bond acceptors (Lipinski definition) is 5. The van der Waals surface area contributed by atoms with Crippen LogP contribution < -0.4 is 4.90 Å². The van der Waals surface area contributed by atoms with Crippen LogP contribution in [0.2, 0.25) is 0 Å². The largest absolute Gasteiger partial charge is 0.377 e. The third kappa shape index (κ3) is 2.84. The summed E-state index contributed by atoms with van der Waals surface area (Å²) in [5.74, 6) is 0.521. The molecule has 1 aliphatic rings. The van der Waals surface area contributed by atoms with E-state index >= 15 is 0 Å². The van der Waals surface area contributed by atoms with Crippen molar-refractivity contribution < 1.29 is 13.2 Å². The highest BCUT2D eigenvalue weighted by molar-refractivity contribution is 9.09. The summed E-state index contributed by atoms with van der Waals surface area (Å²) >= 11 is 3.42. The monoisotopic (exact) mass is 334 g/mol. The van der Waals surface area contributed by atoms with Gasteiger partial charge in [0.1, 0.15) is 10.7 Å². The highest BCUT2D eigenvalue weighted by Gasteiger charge is 2.27. The summed E-state index contributed by atoms with van der Waals surface area (Å²) in [6.45, 7) is 1.81. The van der Waals surface area contributed by atoms with Crippen LogP contribution in [0.1, 0.15) is 0 Å². The zero-order valence-corrected chi connectivity index (χ0v) is 12.4. The maximum atomic E-state index is 11.8. The fourth-order valence-corrected chi connectivity index (χ4v) is 3.31. The van der Waals surface area contributed by atoms with Gasteiger partial charge in [0.05, 0.1) is 19.3 Å². The van der Waals surface area contributed by atoms with Crippen LogP contribution in [0.5, 0.6) is 0 Å². The van der Waals surface area contributed by atoms with E-state index in [2.05, 4.69) is 20.9 Å². The third-order valence-corrected chi connectivity index (χ3v) is 4.69. The van der Waals surface area contributed by atoms with E-state index in [-0.39, 0.29) is 10.9 Å². The first-order chi connectivity index (χ1) is 8.54. The smallest absolute Gasteiger partial charge is 0.179 e. The Labute approximate surface area is 115 Å². The summed E-state index contributed by atoms with van der Waals surface area (Å²) in [5, 5.41) is 0.715. The predicted octanol–water partition coefficient (Wildman–Crippen LogP) is 1.09. The van der Waals surface area contributed by atoms with Crippen LogP contribution in [0.25, 0.3) is 0 Å². The fourth-order valence-electron chi connectivity index (χ4n) is 1.95.